The molecule has 2 heteroatoms. The molecule has 0 unspecified atom stereocenters. The molecule has 90 valence electrons. The summed E-state index contributed by atoms with van der Waals surface area (Å²) in [6, 6.07) is 0.839. The van der Waals surface area contributed by atoms with Crippen LogP contribution in [0.25, 0.3) is 0 Å². The van der Waals surface area contributed by atoms with Crippen LogP contribution < -0.4 is 5.73 Å². The van der Waals surface area contributed by atoms with E-state index in [4.69, 9.17) is 5.73 Å². The number of hydrogen-bond acceptors (Lipinski definition) is 2. The van der Waals surface area contributed by atoms with Gasteiger partial charge in [0.15, 0.2) is 0 Å². The van der Waals surface area contributed by atoms with Gasteiger partial charge in [-0.2, -0.15) is 0 Å². The molecule has 0 aromatic heterocycles. The van der Waals surface area contributed by atoms with Gasteiger partial charge in [-0.15, -0.1) is 0 Å². The summed E-state index contributed by atoms with van der Waals surface area (Å²) in [6.45, 7) is 12.4. The Labute approximate surface area is 95.2 Å². The lowest BCUT2D eigenvalue weighted by Gasteiger charge is -2.44. The van der Waals surface area contributed by atoms with Crippen molar-refractivity contribution in [2.75, 3.05) is 19.6 Å². The van der Waals surface area contributed by atoms with E-state index in [1.54, 1.807) is 0 Å². The molecule has 1 aliphatic carbocycles. The highest BCUT2D eigenvalue weighted by atomic mass is 15.2. The Hall–Kier alpha value is -0.0800. The fourth-order valence-corrected chi connectivity index (χ4v) is 2.45. The maximum absolute atomic E-state index is 5.81. The molecule has 0 atom stereocenters. The summed E-state index contributed by atoms with van der Waals surface area (Å²) in [7, 11) is 0. The summed E-state index contributed by atoms with van der Waals surface area (Å²) >= 11 is 0. The molecule has 1 rings (SSSR count). The van der Waals surface area contributed by atoms with E-state index in [2.05, 4.69) is 32.6 Å². The molecule has 0 radical (unpaired) electrons. The number of nitrogens with two attached hydrogens (primary N) is 1. The first kappa shape index (κ1) is 13.0. The summed E-state index contributed by atoms with van der Waals surface area (Å²) in [4.78, 5) is 2.66. The molecule has 2 N–H and O–H groups in total. The zero-order valence-electron chi connectivity index (χ0n) is 10.9. The quantitative estimate of drug-likeness (QED) is 0.733. The molecule has 0 saturated heterocycles. The van der Waals surface area contributed by atoms with E-state index >= 15 is 0 Å². The summed E-state index contributed by atoms with van der Waals surface area (Å²) < 4.78 is 0. The molecule has 1 saturated carbocycles. The van der Waals surface area contributed by atoms with Crippen molar-refractivity contribution in [2.45, 2.75) is 53.0 Å². The van der Waals surface area contributed by atoms with Gasteiger partial charge in [0.1, 0.15) is 0 Å². The van der Waals surface area contributed by atoms with Gasteiger partial charge in [-0.05, 0) is 43.7 Å². The maximum atomic E-state index is 5.81. The molecule has 0 spiro atoms. The van der Waals surface area contributed by atoms with Crippen LogP contribution in [0.3, 0.4) is 0 Å². The molecule has 15 heavy (non-hydrogen) atoms. The van der Waals surface area contributed by atoms with Crippen LogP contribution in [0.4, 0.5) is 0 Å². The lowest BCUT2D eigenvalue weighted by atomic mass is 9.79. The third kappa shape index (κ3) is 3.76. The molecule has 0 aromatic rings. The molecule has 0 bridgehead atoms. The van der Waals surface area contributed by atoms with Crippen LogP contribution in [0.2, 0.25) is 0 Å². The minimum Gasteiger partial charge on any atom is -0.330 e. The van der Waals surface area contributed by atoms with E-state index in [-0.39, 0.29) is 5.41 Å². The second-order valence-electron chi connectivity index (χ2n) is 6.07. The van der Waals surface area contributed by atoms with Gasteiger partial charge in [-0.3, -0.25) is 4.90 Å². The van der Waals surface area contributed by atoms with Crippen molar-refractivity contribution in [1.82, 2.24) is 4.90 Å². The van der Waals surface area contributed by atoms with Crippen molar-refractivity contribution in [2.24, 2.45) is 17.1 Å². The zero-order chi connectivity index (χ0) is 11.5. The minimum atomic E-state index is 0.272. The van der Waals surface area contributed by atoms with Gasteiger partial charge < -0.3 is 5.73 Å². The third-order valence-corrected chi connectivity index (χ3v) is 3.56. The molecule has 1 fully saturated rings. The van der Waals surface area contributed by atoms with Gasteiger partial charge in [0.05, 0.1) is 0 Å². The van der Waals surface area contributed by atoms with E-state index in [1.165, 1.54) is 25.8 Å². The largest absolute Gasteiger partial charge is 0.330 e. The molecule has 0 amide bonds. The zero-order valence-corrected chi connectivity index (χ0v) is 10.9. The Morgan fingerprint density at radius 1 is 1.33 bits per heavy atom. The molecule has 0 heterocycles. The maximum Gasteiger partial charge on any atom is 0.0101 e. The summed E-state index contributed by atoms with van der Waals surface area (Å²) in [5.41, 5.74) is 6.08. The predicted octanol–water partition coefficient (Wildman–Crippen LogP) is 2.48. The number of nitrogens with zero attached hydrogens (tertiary/aromatic N) is 1. The van der Waals surface area contributed by atoms with Crippen molar-refractivity contribution in [1.29, 1.82) is 0 Å². The van der Waals surface area contributed by atoms with Crippen LogP contribution >= 0.6 is 0 Å². The van der Waals surface area contributed by atoms with E-state index in [0.29, 0.717) is 0 Å². The van der Waals surface area contributed by atoms with Crippen molar-refractivity contribution in [3.63, 3.8) is 0 Å². The fourth-order valence-electron chi connectivity index (χ4n) is 2.45. The van der Waals surface area contributed by atoms with Gasteiger partial charge in [0.2, 0.25) is 0 Å². The normalized spacial score (nSPS) is 26.8. The van der Waals surface area contributed by atoms with Crippen LogP contribution in [0.15, 0.2) is 0 Å². The Bertz CT molecular complexity index is 183. The third-order valence-electron chi connectivity index (χ3n) is 3.56. The smallest absolute Gasteiger partial charge is 0.0101 e. The van der Waals surface area contributed by atoms with Gasteiger partial charge in [-0.25, -0.2) is 0 Å². The topological polar surface area (TPSA) is 29.3 Å². The number of rotatable bonds is 6. The summed E-state index contributed by atoms with van der Waals surface area (Å²) in [6.07, 6.45) is 4.03. The first-order valence-corrected chi connectivity index (χ1v) is 6.42. The van der Waals surface area contributed by atoms with Crippen molar-refractivity contribution >= 4 is 0 Å². The van der Waals surface area contributed by atoms with Crippen LogP contribution in [0.5, 0.6) is 0 Å². The highest BCUT2D eigenvalue weighted by Gasteiger charge is 2.32. The fraction of sp³-hybridized carbons (Fsp3) is 1.00. The molecular weight excluding hydrogens is 184 g/mol. The van der Waals surface area contributed by atoms with Crippen molar-refractivity contribution in [3.8, 4) is 0 Å². The lowest BCUT2D eigenvalue weighted by molar-refractivity contribution is 0.0548. The summed E-state index contributed by atoms with van der Waals surface area (Å²) in [5, 5.41) is 0. The Morgan fingerprint density at radius 2 is 1.93 bits per heavy atom. The molecule has 0 aliphatic heterocycles. The second kappa shape index (κ2) is 5.31. The molecule has 0 aromatic carbocycles. The van der Waals surface area contributed by atoms with Crippen molar-refractivity contribution < 1.29 is 0 Å². The second-order valence-corrected chi connectivity index (χ2v) is 6.07. The molecule has 1 aliphatic rings. The highest BCUT2D eigenvalue weighted by Crippen LogP contribution is 2.32. The Kier molecular flexibility index (Phi) is 4.60. The molecular formula is C13H28N2. The van der Waals surface area contributed by atoms with Crippen LogP contribution in [-0.2, 0) is 0 Å². The van der Waals surface area contributed by atoms with Gasteiger partial charge in [0, 0.05) is 12.6 Å². The van der Waals surface area contributed by atoms with E-state index in [1.807, 2.05) is 0 Å². The van der Waals surface area contributed by atoms with Crippen LogP contribution in [0, 0.1) is 11.3 Å². The summed E-state index contributed by atoms with van der Waals surface area (Å²) in [5.74, 6) is 0.940. The van der Waals surface area contributed by atoms with E-state index < -0.39 is 0 Å². The standard InChI is InChI=1S/C13H28N2/c1-5-6-15(10-13(3,4)9-14)12-7-11(2)8-12/h11-12H,5-10,14H2,1-4H3. The van der Waals surface area contributed by atoms with E-state index in [9.17, 15) is 0 Å². The van der Waals surface area contributed by atoms with Crippen LogP contribution in [-0.4, -0.2) is 30.6 Å². The van der Waals surface area contributed by atoms with Gasteiger partial charge >= 0.3 is 0 Å². The Balaban J connectivity index is 2.43. The first-order chi connectivity index (χ1) is 6.98. The SMILES string of the molecule is CCCN(CC(C)(C)CN)C1CC(C)C1. The Morgan fingerprint density at radius 3 is 2.33 bits per heavy atom. The lowest BCUT2D eigenvalue weighted by Crippen LogP contribution is -2.49. The average molecular weight is 212 g/mol. The van der Waals surface area contributed by atoms with E-state index in [0.717, 1.165) is 25.0 Å². The predicted molar refractivity (Wildman–Crippen MR) is 66.9 cm³/mol. The van der Waals surface area contributed by atoms with Crippen molar-refractivity contribution in [3.05, 3.63) is 0 Å². The average Bonchev–Trinajstić information content (AvgIpc) is 2.12. The van der Waals surface area contributed by atoms with Gasteiger partial charge in [-0.1, -0.05) is 27.7 Å². The monoisotopic (exact) mass is 212 g/mol. The molecule has 2 nitrogen and oxygen atoms in total. The van der Waals surface area contributed by atoms with Gasteiger partial charge in [0.25, 0.3) is 0 Å². The minimum absolute atomic E-state index is 0.272. The first-order valence-electron chi connectivity index (χ1n) is 6.42. The van der Waals surface area contributed by atoms with Crippen LogP contribution in [0.1, 0.15) is 47.0 Å². The number of hydrogen-bond donors (Lipinski definition) is 1. The highest BCUT2D eigenvalue weighted by molar-refractivity contribution is 4.87.